The second kappa shape index (κ2) is 16.5. The highest BCUT2D eigenvalue weighted by Crippen LogP contribution is 2.15. The summed E-state index contributed by atoms with van der Waals surface area (Å²) < 4.78 is 10.5. The van der Waals surface area contributed by atoms with Gasteiger partial charge in [-0.1, -0.05) is 24.3 Å². The first kappa shape index (κ1) is 29.8. The maximum Gasteiger partial charge on any atom is 0.339 e. The van der Waals surface area contributed by atoms with Crippen molar-refractivity contribution in [2.24, 2.45) is 0 Å². The summed E-state index contributed by atoms with van der Waals surface area (Å²) in [5, 5.41) is 52.2. The number of carboxylic acid groups (broad SMARTS) is 2. The molecule has 0 saturated heterocycles. The third-order valence-corrected chi connectivity index (χ3v) is 3.76. The van der Waals surface area contributed by atoms with Crippen LogP contribution < -0.4 is 0 Å². The lowest BCUT2D eigenvalue weighted by Crippen LogP contribution is -2.24. The molecule has 0 radical (unpaired) electrons. The van der Waals surface area contributed by atoms with Crippen LogP contribution in [0.3, 0.4) is 0 Å². The molecule has 2 aromatic rings. The molecule has 6 N–H and O–H groups in total. The van der Waals surface area contributed by atoms with Crippen molar-refractivity contribution in [3.05, 3.63) is 59.7 Å². The summed E-state index contributed by atoms with van der Waals surface area (Å²) in [5.74, 6) is -2.62. The molecule has 33 heavy (non-hydrogen) atoms. The molecule has 0 amide bonds. The Morgan fingerprint density at radius 2 is 1.15 bits per heavy atom. The number of phenols is 2. The number of para-hydroxylation sites is 2. The number of aromatic carboxylic acids is 2. The highest BCUT2D eigenvalue weighted by Gasteiger charge is 2.08. The topological polar surface area (TPSA) is 174 Å². The van der Waals surface area contributed by atoms with E-state index in [1.165, 1.54) is 24.3 Å². The Morgan fingerprint density at radius 3 is 1.45 bits per heavy atom. The highest BCUT2D eigenvalue weighted by atomic mass is 16.5. The van der Waals surface area contributed by atoms with Gasteiger partial charge in [-0.25, -0.2) is 9.59 Å². The van der Waals surface area contributed by atoms with Gasteiger partial charge in [0.05, 0.1) is 38.1 Å². The zero-order valence-corrected chi connectivity index (χ0v) is 18.8. The number of carboxylic acids is 2. The van der Waals surface area contributed by atoms with E-state index in [0.29, 0.717) is 13.2 Å². The van der Waals surface area contributed by atoms with E-state index in [4.69, 9.17) is 40.1 Å². The van der Waals surface area contributed by atoms with Crippen molar-refractivity contribution in [2.75, 3.05) is 19.8 Å². The molecule has 184 valence electrons. The predicted octanol–water partition coefficient (Wildman–Crippen LogP) is 2.35. The Bertz CT molecular complexity index is 782. The minimum absolute atomic E-state index is 0.0170. The molecule has 0 aromatic heterocycles. The van der Waals surface area contributed by atoms with Crippen molar-refractivity contribution < 1.29 is 49.7 Å². The molecule has 0 aliphatic heterocycles. The van der Waals surface area contributed by atoms with Gasteiger partial charge >= 0.3 is 11.9 Å². The molecular formula is C23H32O10. The molecule has 0 aliphatic rings. The Labute approximate surface area is 192 Å². The largest absolute Gasteiger partial charge is 0.507 e. The number of aliphatic hydroxyl groups excluding tert-OH is 2. The predicted molar refractivity (Wildman–Crippen MR) is 120 cm³/mol. The maximum atomic E-state index is 10.3. The van der Waals surface area contributed by atoms with Crippen molar-refractivity contribution in [3.8, 4) is 11.5 Å². The maximum absolute atomic E-state index is 10.3. The highest BCUT2D eigenvalue weighted by molar-refractivity contribution is 5.91. The molecule has 0 fully saturated rings. The monoisotopic (exact) mass is 468 g/mol. The molecule has 0 spiro atoms. The molecule has 2 aromatic carbocycles. The van der Waals surface area contributed by atoms with Crippen LogP contribution in [0.2, 0.25) is 0 Å². The minimum Gasteiger partial charge on any atom is -0.507 e. The van der Waals surface area contributed by atoms with Crippen molar-refractivity contribution in [3.63, 3.8) is 0 Å². The van der Waals surface area contributed by atoms with Gasteiger partial charge in [-0.2, -0.15) is 0 Å². The van der Waals surface area contributed by atoms with Crippen molar-refractivity contribution in [2.45, 2.75) is 39.1 Å². The average molecular weight is 468 g/mol. The van der Waals surface area contributed by atoms with Crippen LogP contribution in [0.15, 0.2) is 48.5 Å². The minimum atomic E-state index is -1.11. The Morgan fingerprint density at radius 1 is 0.758 bits per heavy atom. The number of hydrogen-bond acceptors (Lipinski definition) is 8. The molecule has 2 rings (SSSR count). The van der Waals surface area contributed by atoms with Crippen LogP contribution in [0.5, 0.6) is 11.5 Å². The number of carbonyl (C=O) groups is 2. The fraction of sp³-hybridized carbons (Fsp3) is 0.391. The molecule has 10 nitrogen and oxygen atoms in total. The average Bonchev–Trinajstić information content (AvgIpc) is 2.77. The van der Waals surface area contributed by atoms with Gasteiger partial charge in [0, 0.05) is 0 Å². The van der Waals surface area contributed by atoms with E-state index in [2.05, 4.69) is 0 Å². The molecule has 3 unspecified atom stereocenters. The lowest BCUT2D eigenvalue weighted by Gasteiger charge is -2.16. The van der Waals surface area contributed by atoms with E-state index < -0.39 is 18.0 Å². The van der Waals surface area contributed by atoms with E-state index in [0.717, 1.165) is 0 Å². The summed E-state index contributed by atoms with van der Waals surface area (Å²) in [6, 6.07) is 11.6. The van der Waals surface area contributed by atoms with E-state index in [1.54, 1.807) is 38.1 Å². The summed E-state index contributed by atoms with van der Waals surface area (Å²) in [6.45, 7) is 6.10. The molecule has 0 bridgehead atoms. The lowest BCUT2D eigenvalue weighted by molar-refractivity contribution is -0.0620. The second-order valence-electron chi connectivity index (χ2n) is 6.96. The second-order valence-corrected chi connectivity index (χ2v) is 6.96. The summed E-state index contributed by atoms with van der Waals surface area (Å²) in [4.78, 5) is 20.5. The van der Waals surface area contributed by atoms with Gasteiger partial charge in [0.15, 0.2) is 0 Å². The lowest BCUT2D eigenvalue weighted by atomic mass is 10.2. The van der Waals surface area contributed by atoms with Crippen LogP contribution in [-0.2, 0) is 9.47 Å². The van der Waals surface area contributed by atoms with Crippen LogP contribution in [0.1, 0.15) is 41.5 Å². The molecule has 0 heterocycles. The zero-order chi connectivity index (χ0) is 25.4. The van der Waals surface area contributed by atoms with Crippen LogP contribution >= 0.6 is 0 Å². The van der Waals surface area contributed by atoms with Gasteiger partial charge in [-0.3, -0.25) is 0 Å². The summed E-state index contributed by atoms with van der Waals surface area (Å²) in [6.07, 6.45) is -0.654. The van der Waals surface area contributed by atoms with E-state index in [9.17, 15) is 9.59 Å². The van der Waals surface area contributed by atoms with E-state index >= 15 is 0 Å². The van der Waals surface area contributed by atoms with Crippen molar-refractivity contribution in [1.29, 1.82) is 0 Å². The molecule has 3 atom stereocenters. The fourth-order valence-electron chi connectivity index (χ4n) is 2.01. The fourth-order valence-corrected chi connectivity index (χ4v) is 2.01. The van der Waals surface area contributed by atoms with Gasteiger partial charge in [0.1, 0.15) is 22.6 Å². The third kappa shape index (κ3) is 13.8. The number of benzene rings is 2. The number of ether oxygens (including phenoxy) is 2. The summed E-state index contributed by atoms with van der Waals surface area (Å²) in [5.41, 5.74) is -0.134. The van der Waals surface area contributed by atoms with Gasteiger partial charge in [-0.15, -0.1) is 0 Å². The van der Waals surface area contributed by atoms with Crippen molar-refractivity contribution >= 4 is 11.9 Å². The van der Waals surface area contributed by atoms with E-state index in [-0.39, 0.29) is 41.4 Å². The molecule has 0 saturated carbocycles. The van der Waals surface area contributed by atoms with Crippen LogP contribution in [0.25, 0.3) is 0 Å². The van der Waals surface area contributed by atoms with Gasteiger partial charge in [-0.05, 0) is 45.0 Å². The number of hydrogen-bond donors (Lipinski definition) is 6. The first-order valence-electron chi connectivity index (χ1n) is 10.0. The van der Waals surface area contributed by atoms with Gasteiger partial charge in [0.25, 0.3) is 0 Å². The Balaban J connectivity index is 0.000000470. The molecule has 0 aliphatic carbocycles. The number of aromatic hydroxyl groups is 2. The summed E-state index contributed by atoms with van der Waals surface area (Å²) >= 11 is 0. The number of aliphatic hydroxyl groups is 2. The summed E-state index contributed by atoms with van der Waals surface area (Å²) in [7, 11) is 0. The first-order chi connectivity index (χ1) is 15.5. The Hall–Kier alpha value is -3.18. The van der Waals surface area contributed by atoms with E-state index in [1.807, 2.05) is 6.92 Å². The first-order valence-corrected chi connectivity index (χ1v) is 10.0. The quantitative estimate of drug-likeness (QED) is 0.320. The standard InChI is InChI=1S/C9H20O4.2C7H6O3/c1-7(11)5-12-9(3)6-13-8(2)4-10;2*8-6-4-2-1-3-5(6)7(9)10/h7-11H,4-6H2,1-3H3;2*1-4,8H,(H,9,10). The van der Waals surface area contributed by atoms with Crippen LogP contribution in [-0.4, -0.2) is 80.7 Å². The molecular weight excluding hydrogens is 436 g/mol. The normalized spacial score (nSPS) is 12.8. The molecule has 10 heteroatoms. The van der Waals surface area contributed by atoms with Crippen molar-refractivity contribution in [1.82, 2.24) is 0 Å². The van der Waals surface area contributed by atoms with Crippen LogP contribution in [0, 0.1) is 0 Å². The van der Waals surface area contributed by atoms with Gasteiger partial charge in [0.2, 0.25) is 0 Å². The third-order valence-electron chi connectivity index (χ3n) is 3.76. The number of rotatable bonds is 9. The zero-order valence-electron chi connectivity index (χ0n) is 18.8. The Kier molecular flexibility index (Phi) is 14.9. The van der Waals surface area contributed by atoms with Gasteiger partial charge < -0.3 is 40.1 Å². The smallest absolute Gasteiger partial charge is 0.339 e. The van der Waals surface area contributed by atoms with Crippen LogP contribution in [0.4, 0.5) is 0 Å². The SMILES string of the molecule is CC(O)COC(C)COC(C)CO.O=C(O)c1ccccc1O.O=C(O)c1ccccc1O.